The molecule has 0 amide bonds. The fourth-order valence-corrected chi connectivity index (χ4v) is 2.42. The van der Waals surface area contributed by atoms with Crippen molar-refractivity contribution < 1.29 is 4.74 Å². The maximum Gasteiger partial charge on any atom is 0.255 e. The molecule has 1 aliphatic carbocycles. The molecular formula is C17H20N2O2. The first-order valence-electron chi connectivity index (χ1n) is 7.26. The molecule has 0 radical (unpaired) electrons. The van der Waals surface area contributed by atoms with E-state index in [-0.39, 0.29) is 5.56 Å². The Morgan fingerprint density at radius 3 is 2.52 bits per heavy atom. The number of benzene rings is 1. The van der Waals surface area contributed by atoms with Crippen LogP contribution in [0.5, 0.6) is 5.75 Å². The van der Waals surface area contributed by atoms with Crippen molar-refractivity contribution in [3.8, 4) is 17.0 Å². The summed E-state index contributed by atoms with van der Waals surface area (Å²) in [5.41, 5.74) is 2.81. The third-order valence-electron chi connectivity index (χ3n) is 3.93. The van der Waals surface area contributed by atoms with E-state index in [2.05, 4.69) is 5.32 Å². The Kier molecular flexibility index (Phi) is 3.80. The standard InChI is InChI=1S/C17H20N2O2/c1-19-16(12-3-8-15(21-2)9-4-12)10-5-13(17(19)20)11-18-14-6-7-14/h3-5,8-10,14,18H,6-7,11H2,1-2H3. The van der Waals surface area contributed by atoms with Crippen molar-refractivity contribution in [2.24, 2.45) is 7.05 Å². The second-order valence-electron chi connectivity index (χ2n) is 5.49. The summed E-state index contributed by atoms with van der Waals surface area (Å²) in [7, 11) is 3.47. The minimum absolute atomic E-state index is 0.0662. The van der Waals surface area contributed by atoms with Crippen molar-refractivity contribution in [3.05, 3.63) is 52.3 Å². The zero-order valence-corrected chi connectivity index (χ0v) is 12.4. The van der Waals surface area contributed by atoms with Crippen LogP contribution in [0.15, 0.2) is 41.2 Å². The Labute approximate surface area is 124 Å². The monoisotopic (exact) mass is 284 g/mol. The topological polar surface area (TPSA) is 43.3 Å². The summed E-state index contributed by atoms with van der Waals surface area (Å²) >= 11 is 0. The molecule has 0 unspecified atom stereocenters. The fourth-order valence-electron chi connectivity index (χ4n) is 2.42. The summed E-state index contributed by atoms with van der Waals surface area (Å²) in [4.78, 5) is 12.4. The van der Waals surface area contributed by atoms with Gasteiger partial charge in [0, 0.05) is 25.2 Å². The summed E-state index contributed by atoms with van der Waals surface area (Å²) < 4.78 is 6.88. The molecule has 1 N–H and O–H groups in total. The third kappa shape index (κ3) is 3.00. The molecule has 0 saturated heterocycles. The van der Waals surface area contributed by atoms with Crippen LogP contribution >= 0.6 is 0 Å². The van der Waals surface area contributed by atoms with E-state index in [1.807, 2.05) is 43.4 Å². The quantitative estimate of drug-likeness (QED) is 0.916. The first-order chi connectivity index (χ1) is 10.2. The molecule has 1 fully saturated rings. The second-order valence-corrected chi connectivity index (χ2v) is 5.49. The first kappa shape index (κ1) is 13.9. The van der Waals surface area contributed by atoms with Gasteiger partial charge < -0.3 is 14.6 Å². The van der Waals surface area contributed by atoms with Crippen LogP contribution in [0, 0.1) is 0 Å². The SMILES string of the molecule is COc1ccc(-c2ccc(CNC3CC3)c(=O)n2C)cc1. The molecule has 0 bridgehead atoms. The number of hydrogen-bond donors (Lipinski definition) is 1. The second kappa shape index (κ2) is 5.74. The van der Waals surface area contributed by atoms with Gasteiger partial charge in [-0.25, -0.2) is 0 Å². The molecule has 0 spiro atoms. The van der Waals surface area contributed by atoms with Gasteiger partial charge in [-0.05, 0) is 48.7 Å². The van der Waals surface area contributed by atoms with Gasteiger partial charge in [0.05, 0.1) is 12.8 Å². The summed E-state index contributed by atoms with van der Waals surface area (Å²) in [5, 5.41) is 3.39. The van der Waals surface area contributed by atoms with Crippen molar-refractivity contribution in [2.75, 3.05) is 7.11 Å². The zero-order chi connectivity index (χ0) is 14.8. The number of aromatic nitrogens is 1. The number of rotatable bonds is 5. The van der Waals surface area contributed by atoms with Gasteiger partial charge in [0.15, 0.2) is 0 Å². The number of ether oxygens (including phenoxy) is 1. The Hall–Kier alpha value is -2.07. The molecule has 1 aromatic carbocycles. The predicted octanol–water partition coefficient (Wildman–Crippen LogP) is 2.31. The van der Waals surface area contributed by atoms with Crippen LogP contribution in [0.3, 0.4) is 0 Å². The molecule has 1 saturated carbocycles. The molecule has 21 heavy (non-hydrogen) atoms. The van der Waals surface area contributed by atoms with E-state index in [1.54, 1.807) is 11.7 Å². The van der Waals surface area contributed by atoms with Crippen molar-refractivity contribution in [3.63, 3.8) is 0 Å². The molecular weight excluding hydrogens is 264 g/mol. The Morgan fingerprint density at radius 2 is 1.90 bits per heavy atom. The van der Waals surface area contributed by atoms with E-state index >= 15 is 0 Å². The summed E-state index contributed by atoms with van der Waals surface area (Å²) in [6.07, 6.45) is 2.45. The van der Waals surface area contributed by atoms with E-state index in [1.165, 1.54) is 12.8 Å². The Morgan fingerprint density at radius 1 is 1.19 bits per heavy atom. The lowest BCUT2D eigenvalue weighted by atomic mass is 10.1. The van der Waals surface area contributed by atoms with Gasteiger partial charge in [-0.3, -0.25) is 4.79 Å². The van der Waals surface area contributed by atoms with Crippen LogP contribution in [0.4, 0.5) is 0 Å². The smallest absolute Gasteiger partial charge is 0.255 e. The van der Waals surface area contributed by atoms with E-state index in [9.17, 15) is 4.79 Å². The highest BCUT2D eigenvalue weighted by molar-refractivity contribution is 5.60. The molecule has 3 rings (SSSR count). The van der Waals surface area contributed by atoms with E-state index < -0.39 is 0 Å². The highest BCUT2D eigenvalue weighted by Crippen LogP contribution is 2.22. The summed E-state index contributed by atoms with van der Waals surface area (Å²) in [6.45, 7) is 0.653. The molecule has 110 valence electrons. The van der Waals surface area contributed by atoms with Gasteiger partial charge in [0.1, 0.15) is 5.75 Å². The van der Waals surface area contributed by atoms with Crippen molar-refractivity contribution >= 4 is 0 Å². The molecule has 0 aliphatic heterocycles. The van der Waals surface area contributed by atoms with Gasteiger partial charge in [0.25, 0.3) is 5.56 Å². The van der Waals surface area contributed by atoms with E-state index in [0.717, 1.165) is 22.6 Å². The molecule has 4 nitrogen and oxygen atoms in total. The lowest BCUT2D eigenvalue weighted by Gasteiger charge is -2.11. The molecule has 1 aliphatic rings. The van der Waals surface area contributed by atoms with Gasteiger partial charge in [-0.1, -0.05) is 6.07 Å². The van der Waals surface area contributed by atoms with Crippen LogP contribution in [0.25, 0.3) is 11.3 Å². The maximum atomic E-state index is 12.4. The Bertz CT molecular complexity index is 685. The minimum Gasteiger partial charge on any atom is -0.497 e. The van der Waals surface area contributed by atoms with Crippen LogP contribution in [0.2, 0.25) is 0 Å². The predicted molar refractivity (Wildman–Crippen MR) is 83.5 cm³/mol. The lowest BCUT2D eigenvalue weighted by Crippen LogP contribution is -2.27. The highest BCUT2D eigenvalue weighted by Gasteiger charge is 2.20. The first-order valence-corrected chi connectivity index (χ1v) is 7.26. The number of methoxy groups -OCH3 is 1. The van der Waals surface area contributed by atoms with Gasteiger partial charge in [-0.2, -0.15) is 0 Å². The number of nitrogens with zero attached hydrogens (tertiary/aromatic N) is 1. The van der Waals surface area contributed by atoms with Crippen LogP contribution in [0.1, 0.15) is 18.4 Å². The van der Waals surface area contributed by atoms with E-state index in [0.29, 0.717) is 12.6 Å². The average Bonchev–Trinajstić information content (AvgIpc) is 3.33. The Balaban J connectivity index is 1.88. The highest BCUT2D eigenvalue weighted by atomic mass is 16.5. The largest absolute Gasteiger partial charge is 0.497 e. The third-order valence-corrected chi connectivity index (χ3v) is 3.93. The molecule has 1 heterocycles. The molecule has 4 heteroatoms. The molecule has 2 aromatic rings. The molecule has 1 aromatic heterocycles. The van der Waals surface area contributed by atoms with Crippen molar-refractivity contribution in [2.45, 2.75) is 25.4 Å². The number of hydrogen-bond acceptors (Lipinski definition) is 3. The number of nitrogens with one attached hydrogen (secondary N) is 1. The average molecular weight is 284 g/mol. The van der Waals surface area contributed by atoms with Crippen LogP contribution in [-0.2, 0) is 13.6 Å². The summed E-state index contributed by atoms with van der Waals surface area (Å²) in [6, 6.07) is 12.3. The summed E-state index contributed by atoms with van der Waals surface area (Å²) in [5.74, 6) is 0.814. The van der Waals surface area contributed by atoms with Gasteiger partial charge >= 0.3 is 0 Å². The zero-order valence-electron chi connectivity index (χ0n) is 12.4. The fraction of sp³-hybridized carbons (Fsp3) is 0.353. The molecule has 0 atom stereocenters. The van der Waals surface area contributed by atoms with Gasteiger partial charge in [-0.15, -0.1) is 0 Å². The van der Waals surface area contributed by atoms with Crippen LogP contribution in [-0.4, -0.2) is 17.7 Å². The maximum absolute atomic E-state index is 12.4. The van der Waals surface area contributed by atoms with Gasteiger partial charge in [0.2, 0.25) is 0 Å². The minimum atomic E-state index is 0.0662. The normalized spacial score (nSPS) is 14.2. The van der Waals surface area contributed by atoms with E-state index in [4.69, 9.17) is 4.74 Å². The number of pyridine rings is 1. The lowest BCUT2D eigenvalue weighted by molar-refractivity contribution is 0.415. The van der Waals surface area contributed by atoms with Crippen molar-refractivity contribution in [1.82, 2.24) is 9.88 Å². The van der Waals surface area contributed by atoms with Crippen molar-refractivity contribution in [1.29, 1.82) is 0 Å². The van der Waals surface area contributed by atoms with Crippen LogP contribution < -0.4 is 15.6 Å².